The summed E-state index contributed by atoms with van der Waals surface area (Å²) in [5, 5.41) is 16.0. The zero-order chi connectivity index (χ0) is 15.8. The summed E-state index contributed by atoms with van der Waals surface area (Å²) in [6, 6.07) is 3.58. The Balaban J connectivity index is 1.75. The Morgan fingerprint density at radius 2 is 2.18 bits per heavy atom. The molecular weight excluding hydrogens is 284 g/mol. The van der Waals surface area contributed by atoms with E-state index in [9.17, 15) is 9.90 Å². The molecule has 0 aliphatic rings. The van der Waals surface area contributed by atoms with Crippen molar-refractivity contribution in [2.45, 2.75) is 38.7 Å². The fourth-order valence-corrected chi connectivity index (χ4v) is 1.87. The van der Waals surface area contributed by atoms with E-state index in [0.717, 1.165) is 5.56 Å². The first kappa shape index (κ1) is 16.1. The second kappa shape index (κ2) is 8.23. The van der Waals surface area contributed by atoms with Gasteiger partial charge in [-0.3, -0.25) is 9.78 Å². The molecule has 1 amide bonds. The van der Waals surface area contributed by atoms with Crippen LogP contribution in [0.15, 0.2) is 29.0 Å². The van der Waals surface area contributed by atoms with E-state index in [1.54, 1.807) is 24.5 Å². The van der Waals surface area contributed by atoms with Crippen LogP contribution in [0.3, 0.4) is 0 Å². The molecule has 0 aliphatic carbocycles. The minimum absolute atomic E-state index is 0.0908. The van der Waals surface area contributed by atoms with Crippen molar-refractivity contribution in [3.05, 3.63) is 30.4 Å². The molecule has 0 saturated heterocycles. The Bertz CT molecular complexity index is 585. The third-order valence-corrected chi connectivity index (χ3v) is 3.24. The van der Waals surface area contributed by atoms with E-state index < -0.39 is 0 Å². The highest BCUT2D eigenvalue weighted by Crippen LogP contribution is 2.14. The topological polar surface area (TPSA) is 101 Å². The lowest BCUT2D eigenvalue weighted by atomic mass is 10.2. The Labute approximate surface area is 128 Å². The van der Waals surface area contributed by atoms with Crippen molar-refractivity contribution in [2.75, 3.05) is 6.54 Å². The van der Waals surface area contributed by atoms with Crippen molar-refractivity contribution < 1.29 is 14.4 Å². The Hall–Kier alpha value is -2.28. The van der Waals surface area contributed by atoms with Gasteiger partial charge in [-0.25, -0.2) is 0 Å². The summed E-state index contributed by atoms with van der Waals surface area (Å²) in [5.74, 6) is 0.825. The zero-order valence-electron chi connectivity index (χ0n) is 12.5. The Morgan fingerprint density at radius 1 is 1.41 bits per heavy atom. The molecule has 2 N–H and O–H groups in total. The van der Waals surface area contributed by atoms with Crippen molar-refractivity contribution in [3.63, 3.8) is 0 Å². The number of rotatable bonds is 8. The first-order chi connectivity index (χ1) is 10.7. The summed E-state index contributed by atoms with van der Waals surface area (Å²) in [7, 11) is 0. The third kappa shape index (κ3) is 4.92. The van der Waals surface area contributed by atoms with Gasteiger partial charge in [0.1, 0.15) is 0 Å². The molecular formula is C15H20N4O3. The predicted octanol–water partition coefficient (Wildman–Crippen LogP) is 1.34. The summed E-state index contributed by atoms with van der Waals surface area (Å²) in [6.07, 6.45) is 4.87. The highest BCUT2D eigenvalue weighted by molar-refractivity contribution is 5.75. The number of nitrogens with zero attached hydrogens (tertiary/aromatic N) is 3. The molecule has 0 aliphatic heterocycles. The molecule has 7 heteroatoms. The Kier molecular flexibility index (Phi) is 6.02. The standard InChI is InChI=1S/C15H20N4O3/c1-2-12(20)7-10-17-13(21)3-4-14-18-15(19-22-14)11-5-8-16-9-6-11/h5-6,8-9,12,20H,2-4,7,10H2,1H3,(H,17,21). The number of hydrogen-bond acceptors (Lipinski definition) is 6. The normalized spacial score (nSPS) is 12.1. The van der Waals surface area contributed by atoms with E-state index in [0.29, 0.717) is 37.5 Å². The molecule has 0 bridgehead atoms. The molecule has 118 valence electrons. The lowest BCUT2D eigenvalue weighted by Gasteiger charge is -2.08. The van der Waals surface area contributed by atoms with Gasteiger partial charge in [0.05, 0.1) is 6.10 Å². The van der Waals surface area contributed by atoms with Crippen LogP contribution in [0.1, 0.15) is 32.1 Å². The SMILES string of the molecule is CCC(O)CCNC(=O)CCc1nc(-c2ccncc2)no1. The molecule has 7 nitrogen and oxygen atoms in total. The van der Waals surface area contributed by atoms with E-state index in [1.165, 1.54) is 0 Å². The lowest BCUT2D eigenvalue weighted by Crippen LogP contribution is -2.27. The van der Waals surface area contributed by atoms with Crippen LogP contribution >= 0.6 is 0 Å². The minimum Gasteiger partial charge on any atom is -0.393 e. The van der Waals surface area contributed by atoms with Crippen LogP contribution in [0.2, 0.25) is 0 Å². The van der Waals surface area contributed by atoms with Gasteiger partial charge in [0.2, 0.25) is 17.6 Å². The summed E-state index contributed by atoms with van der Waals surface area (Å²) in [4.78, 5) is 19.8. The maximum Gasteiger partial charge on any atom is 0.227 e. The molecule has 22 heavy (non-hydrogen) atoms. The van der Waals surface area contributed by atoms with Gasteiger partial charge in [-0.1, -0.05) is 12.1 Å². The molecule has 0 radical (unpaired) electrons. The first-order valence-electron chi connectivity index (χ1n) is 7.36. The first-order valence-corrected chi connectivity index (χ1v) is 7.36. The lowest BCUT2D eigenvalue weighted by molar-refractivity contribution is -0.121. The van der Waals surface area contributed by atoms with E-state index in [2.05, 4.69) is 20.4 Å². The van der Waals surface area contributed by atoms with Crippen LogP contribution in [-0.4, -0.2) is 38.8 Å². The molecule has 1 unspecified atom stereocenters. The number of nitrogens with one attached hydrogen (secondary N) is 1. The average molecular weight is 304 g/mol. The predicted molar refractivity (Wildman–Crippen MR) is 79.8 cm³/mol. The van der Waals surface area contributed by atoms with E-state index in [4.69, 9.17) is 4.52 Å². The molecule has 0 spiro atoms. The quantitative estimate of drug-likeness (QED) is 0.763. The van der Waals surface area contributed by atoms with Gasteiger partial charge in [0.25, 0.3) is 0 Å². The molecule has 2 aromatic rings. The number of carbonyl (C=O) groups is 1. The highest BCUT2D eigenvalue weighted by Gasteiger charge is 2.10. The second-order valence-corrected chi connectivity index (χ2v) is 4.95. The van der Waals surface area contributed by atoms with Gasteiger partial charge in [-0.2, -0.15) is 4.98 Å². The summed E-state index contributed by atoms with van der Waals surface area (Å²) in [5.41, 5.74) is 0.822. The molecule has 0 fully saturated rings. The average Bonchev–Trinajstić information content (AvgIpc) is 3.02. The van der Waals surface area contributed by atoms with E-state index >= 15 is 0 Å². The van der Waals surface area contributed by atoms with Crippen LogP contribution in [0.5, 0.6) is 0 Å². The number of pyridine rings is 1. The number of aliphatic hydroxyl groups is 1. The summed E-state index contributed by atoms with van der Waals surface area (Å²) < 4.78 is 5.13. The molecule has 1 atom stereocenters. The monoisotopic (exact) mass is 304 g/mol. The molecule has 0 saturated carbocycles. The van der Waals surface area contributed by atoms with Crippen molar-refractivity contribution in [1.82, 2.24) is 20.4 Å². The van der Waals surface area contributed by atoms with Crippen LogP contribution < -0.4 is 5.32 Å². The van der Waals surface area contributed by atoms with E-state index in [1.807, 2.05) is 6.92 Å². The molecule has 2 aromatic heterocycles. The summed E-state index contributed by atoms with van der Waals surface area (Å²) >= 11 is 0. The molecule has 2 rings (SSSR count). The second-order valence-electron chi connectivity index (χ2n) is 4.95. The zero-order valence-corrected chi connectivity index (χ0v) is 12.5. The number of amides is 1. The molecule has 0 aromatic carbocycles. The third-order valence-electron chi connectivity index (χ3n) is 3.24. The number of aliphatic hydroxyl groups excluding tert-OH is 1. The number of aryl methyl sites for hydroxylation is 1. The molecule has 2 heterocycles. The number of hydrogen-bond donors (Lipinski definition) is 2. The van der Waals surface area contributed by atoms with Gasteiger partial charge >= 0.3 is 0 Å². The van der Waals surface area contributed by atoms with Crippen molar-refractivity contribution in [2.24, 2.45) is 0 Å². The van der Waals surface area contributed by atoms with Gasteiger partial charge in [-0.05, 0) is 25.0 Å². The smallest absolute Gasteiger partial charge is 0.227 e. The van der Waals surface area contributed by atoms with Crippen LogP contribution in [0.25, 0.3) is 11.4 Å². The maximum atomic E-state index is 11.7. The van der Waals surface area contributed by atoms with Crippen molar-refractivity contribution in [3.8, 4) is 11.4 Å². The fraction of sp³-hybridized carbons (Fsp3) is 0.467. The van der Waals surface area contributed by atoms with Gasteiger partial charge in [-0.15, -0.1) is 0 Å². The Morgan fingerprint density at radius 3 is 2.91 bits per heavy atom. The summed E-state index contributed by atoms with van der Waals surface area (Å²) in [6.45, 7) is 2.38. The maximum absolute atomic E-state index is 11.7. The van der Waals surface area contributed by atoms with E-state index in [-0.39, 0.29) is 18.4 Å². The number of carbonyl (C=O) groups excluding carboxylic acids is 1. The number of aromatic nitrogens is 3. The van der Waals surface area contributed by atoms with Crippen molar-refractivity contribution in [1.29, 1.82) is 0 Å². The fourth-order valence-electron chi connectivity index (χ4n) is 1.87. The minimum atomic E-state index is -0.362. The van der Waals surface area contributed by atoms with Crippen LogP contribution in [0.4, 0.5) is 0 Å². The van der Waals surface area contributed by atoms with Gasteiger partial charge in [0.15, 0.2) is 0 Å². The van der Waals surface area contributed by atoms with Gasteiger partial charge < -0.3 is 14.9 Å². The van der Waals surface area contributed by atoms with Gasteiger partial charge in [0, 0.05) is 37.3 Å². The van der Waals surface area contributed by atoms with Crippen LogP contribution in [-0.2, 0) is 11.2 Å². The van der Waals surface area contributed by atoms with Crippen LogP contribution in [0, 0.1) is 0 Å². The largest absolute Gasteiger partial charge is 0.393 e. The highest BCUT2D eigenvalue weighted by atomic mass is 16.5. The van der Waals surface area contributed by atoms with Crippen molar-refractivity contribution >= 4 is 5.91 Å².